The number of carbonyl (C=O) groups is 1. The first-order valence-corrected chi connectivity index (χ1v) is 8.46. The minimum absolute atomic E-state index is 0. The molecule has 0 spiro atoms. The molecule has 0 saturated heterocycles. The van der Waals surface area contributed by atoms with Gasteiger partial charge in [0.2, 0.25) is 5.91 Å². The van der Waals surface area contributed by atoms with Crippen molar-refractivity contribution in [3.05, 3.63) is 29.8 Å². The molecular weight excluding hydrogens is 415 g/mol. The number of guanidine groups is 1. The Hall–Kier alpha value is -1.31. The van der Waals surface area contributed by atoms with E-state index in [9.17, 15) is 4.79 Å². The number of aliphatic imine (C=N–C) groups is 1. The van der Waals surface area contributed by atoms with E-state index in [-0.39, 0.29) is 29.9 Å². The van der Waals surface area contributed by atoms with Crippen LogP contribution in [0.25, 0.3) is 0 Å². The Morgan fingerprint density at radius 2 is 1.96 bits per heavy atom. The predicted molar refractivity (Wildman–Crippen MR) is 113 cm³/mol. The minimum Gasteiger partial charge on any atom is -0.357 e. The van der Waals surface area contributed by atoms with Crippen molar-refractivity contribution < 1.29 is 4.79 Å². The van der Waals surface area contributed by atoms with E-state index >= 15 is 0 Å². The largest absolute Gasteiger partial charge is 0.357 e. The molecule has 0 aliphatic carbocycles. The van der Waals surface area contributed by atoms with E-state index in [0.717, 1.165) is 36.7 Å². The summed E-state index contributed by atoms with van der Waals surface area (Å²) in [5, 5.41) is 9.45. The number of anilines is 1. The van der Waals surface area contributed by atoms with E-state index in [1.807, 2.05) is 45.0 Å². The lowest BCUT2D eigenvalue weighted by Crippen LogP contribution is -2.37. The maximum atomic E-state index is 11.8. The van der Waals surface area contributed by atoms with E-state index in [2.05, 4.69) is 27.9 Å². The third kappa shape index (κ3) is 9.75. The summed E-state index contributed by atoms with van der Waals surface area (Å²) < 4.78 is 0. The van der Waals surface area contributed by atoms with E-state index in [1.54, 1.807) is 0 Å². The normalized spacial score (nSPS) is 11.0. The third-order valence-corrected chi connectivity index (χ3v) is 3.11. The Balaban J connectivity index is 0.00000529. The summed E-state index contributed by atoms with van der Waals surface area (Å²) in [5.41, 5.74) is 1.90. The van der Waals surface area contributed by atoms with E-state index < -0.39 is 0 Å². The summed E-state index contributed by atoms with van der Waals surface area (Å²) in [6.07, 6.45) is 1.59. The maximum absolute atomic E-state index is 11.8. The smallest absolute Gasteiger partial charge is 0.224 e. The molecule has 0 heterocycles. The van der Waals surface area contributed by atoms with Crippen LogP contribution < -0.4 is 16.0 Å². The molecule has 0 saturated carbocycles. The van der Waals surface area contributed by atoms with Gasteiger partial charge in [-0.3, -0.25) is 4.79 Å². The fraction of sp³-hybridized carbons (Fsp3) is 0.556. The van der Waals surface area contributed by atoms with Gasteiger partial charge in [-0.2, -0.15) is 0 Å². The average Bonchev–Trinajstić information content (AvgIpc) is 2.49. The topological polar surface area (TPSA) is 65.5 Å². The molecule has 1 rings (SSSR count). The number of hydrogen-bond donors (Lipinski definition) is 3. The molecule has 3 N–H and O–H groups in total. The summed E-state index contributed by atoms with van der Waals surface area (Å²) in [6.45, 7) is 10.6. The number of rotatable bonds is 8. The lowest BCUT2D eigenvalue weighted by molar-refractivity contribution is -0.116. The number of hydrogen-bond acceptors (Lipinski definition) is 2. The van der Waals surface area contributed by atoms with Crippen molar-refractivity contribution in [1.82, 2.24) is 10.6 Å². The van der Waals surface area contributed by atoms with Crippen molar-refractivity contribution >= 4 is 41.5 Å². The van der Waals surface area contributed by atoms with Crippen molar-refractivity contribution in [3.8, 4) is 0 Å². The van der Waals surface area contributed by atoms with Crippen molar-refractivity contribution in [2.24, 2.45) is 10.9 Å². The van der Waals surface area contributed by atoms with Crippen LogP contribution in [0.4, 0.5) is 5.69 Å². The molecule has 1 aromatic carbocycles. The highest BCUT2D eigenvalue weighted by molar-refractivity contribution is 14.0. The van der Waals surface area contributed by atoms with Gasteiger partial charge in [0.15, 0.2) is 5.96 Å². The summed E-state index contributed by atoms with van der Waals surface area (Å²) in [4.78, 5) is 16.4. The zero-order valence-electron chi connectivity index (χ0n) is 15.2. The summed E-state index contributed by atoms with van der Waals surface area (Å²) in [6, 6.07) is 7.85. The van der Waals surface area contributed by atoms with Gasteiger partial charge in [0.25, 0.3) is 0 Å². The Morgan fingerprint density at radius 1 is 1.21 bits per heavy atom. The fourth-order valence-corrected chi connectivity index (χ4v) is 2.09. The van der Waals surface area contributed by atoms with Crippen LogP contribution in [0.15, 0.2) is 29.3 Å². The van der Waals surface area contributed by atoms with Gasteiger partial charge in [0.1, 0.15) is 0 Å². The van der Waals surface area contributed by atoms with E-state index in [1.165, 1.54) is 0 Å². The Bertz CT molecular complexity index is 517. The summed E-state index contributed by atoms with van der Waals surface area (Å²) in [5.74, 6) is 1.23. The fourth-order valence-electron chi connectivity index (χ4n) is 2.09. The van der Waals surface area contributed by atoms with E-state index in [4.69, 9.17) is 0 Å². The Morgan fingerprint density at radius 3 is 2.58 bits per heavy atom. The number of nitrogens with one attached hydrogen (secondary N) is 3. The Labute approximate surface area is 163 Å². The van der Waals surface area contributed by atoms with Crippen molar-refractivity contribution in [2.75, 3.05) is 18.4 Å². The molecule has 24 heavy (non-hydrogen) atoms. The molecule has 1 amide bonds. The first kappa shape index (κ1) is 22.7. The standard InChI is InChI=1S/C18H30N4O.HI/c1-5-10-20-18(19-6-2)21-13-15-8-7-9-16(12-15)22-17(23)11-14(3)4;/h7-9,12,14H,5-6,10-11,13H2,1-4H3,(H,22,23)(H2,19,20,21);1H. The molecule has 0 aliphatic rings. The van der Waals surface area contributed by atoms with Crippen molar-refractivity contribution in [3.63, 3.8) is 0 Å². The number of halogens is 1. The SMILES string of the molecule is CCCNC(=NCc1cccc(NC(=O)CC(C)C)c1)NCC.I. The molecule has 0 fully saturated rings. The molecule has 0 aliphatic heterocycles. The quantitative estimate of drug-likeness (QED) is 0.324. The van der Waals surface area contributed by atoms with E-state index in [0.29, 0.717) is 18.9 Å². The molecular formula is C18H31IN4O. The second kappa shape index (κ2) is 13.0. The van der Waals surface area contributed by atoms with Gasteiger partial charge in [-0.15, -0.1) is 24.0 Å². The van der Waals surface area contributed by atoms with Gasteiger partial charge in [-0.1, -0.05) is 32.9 Å². The summed E-state index contributed by atoms with van der Waals surface area (Å²) in [7, 11) is 0. The van der Waals surface area contributed by atoms with Crippen LogP contribution in [0.5, 0.6) is 0 Å². The summed E-state index contributed by atoms with van der Waals surface area (Å²) >= 11 is 0. The molecule has 1 aromatic rings. The molecule has 0 atom stereocenters. The Kier molecular flexibility index (Phi) is 12.3. The first-order valence-electron chi connectivity index (χ1n) is 8.46. The average molecular weight is 446 g/mol. The predicted octanol–water partition coefficient (Wildman–Crippen LogP) is 3.75. The van der Waals surface area contributed by atoms with Crippen LogP contribution in [0.1, 0.15) is 46.1 Å². The number of carbonyl (C=O) groups excluding carboxylic acids is 1. The molecule has 0 aromatic heterocycles. The van der Waals surface area contributed by atoms with Crippen molar-refractivity contribution in [1.29, 1.82) is 0 Å². The van der Waals surface area contributed by atoms with Gasteiger partial charge in [-0.25, -0.2) is 4.99 Å². The van der Waals surface area contributed by atoms with Crippen LogP contribution in [-0.2, 0) is 11.3 Å². The third-order valence-electron chi connectivity index (χ3n) is 3.11. The van der Waals surface area contributed by atoms with Crippen LogP contribution in [0, 0.1) is 5.92 Å². The highest BCUT2D eigenvalue weighted by Crippen LogP contribution is 2.13. The molecule has 0 unspecified atom stereocenters. The van der Waals surface area contributed by atoms with Crippen LogP contribution in [0.2, 0.25) is 0 Å². The molecule has 136 valence electrons. The second-order valence-electron chi connectivity index (χ2n) is 5.97. The highest BCUT2D eigenvalue weighted by atomic mass is 127. The zero-order chi connectivity index (χ0) is 17.1. The zero-order valence-corrected chi connectivity index (χ0v) is 17.5. The maximum Gasteiger partial charge on any atom is 0.224 e. The lowest BCUT2D eigenvalue weighted by Gasteiger charge is -2.11. The molecule has 0 bridgehead atoms. The minimum atomic E-state index is 0. The van der Waals surface area contributed by atoms with Gasteiger partial charge in [-0.05, 0) is 37.0 Å². The first-order chi connectivity index (χ1) is 11.0. The number of amides is 1. The second-order valence-corrected chi connectivity index (χ2v) is 5.97. The molecule has 0 radical (unpaired) electrons. The van der Waals surface area contributed by atoms with Crippen molar-refractivity contribution in [2.45, 2.75) is 47.1 Å². The van der Waals surface area contributed by atoms with Gasteiger partial charge < -0.3 is 16.0 Å². The molecule has 6 heteroatoms. The van der Waals surface area contributed by atoms with Gasteiger partial charge in [0.05, 0.1) is 6.54 Å². The van der Waals surface area contributed by atoms with Crippen LogP contribution in [0.3, 0.4) is 0 Å². The van der Waals surface area contributed by atoms with Gasteiger partial charge >= 0.3 is 0 Å². The number of benzene rings is 1. The van der Waals surface area contributed by atoms with Crippen LogP contribution >= 0.6 is 24.0 Å². The monoisotopic (exact) mass is 446 g/mol. The number of nitrogens with zero attached hydrogens (tertiary/aromatic N) is 1. The van der Waals surface area contributed by atoms with Crippen LogP contribution in [-0.4, -0.2) is 25.0 Å². The lowest BCUT2D eigenvalue weighted by atomic mass is 10.1. The highest BCUT2D eigenvalue weighted by Gasteiger charge is 2.05. The van der Waals surface area contributed by atoms with Gasteiger partial charge in [0, 0.05) is 25.2 Å². The molecule has 5 nitrogen and oxygen atoms in total.